The fraction of sp³-hybridized carbons (Fsp3) is 0.615. The lowest BCUT2D eigenvalue weighted by atomic mass is 10.1. The zero-order valence-corrected chi connectivity index (χ0v) is 11.0. The van der Waals surface area contributed by atoms with Gasteiger partial charge in [0.25, 0.3) is 0 Å². The van der Waals surface area contributed by atoms with Gasteiger partial charge < -0.3 is 15.2 Å². The van der Waals surface area contributed by atoms with Crippen LogP contribution in [0.2, 0.25) is 0 Å². The van der Waals surface area contributed by atoms with Crippen LogP contribution in [0, 0.1) is 0 Å². The van der Waals surface area contributed by atoms with E-state index in [4.69, 9.17) is 15.2 Å². The molecule has 0 spiro atoms. The number of rotatable bonds is 7. The third-order valence-electron chi connectivity index (χ3n) is 2.70. The van der Waals surface area contributed by atoms with Crippen molar-refractivity contribution in [3.8, 4) is 11.6 Å². The predicted molar refractivity (Wildman–Crippen MR) is 68.7 cm³/mol. The molecule has 0 saturated heterocycles. The molecule has 1 aromatic heterocycles. The monoisotopic (exact) mass is 238 g/mol. The second-order valence-corrected chi connectivity index (χ2v) is 3.95. The first-order valence-electron chi connectivity index (χ1n) is 6.07. The Morgan fingerprint density at radius 3 is 2.53 bits per heavy atom. The summed E-state index contributed by atoms with van der Waals surface area (Å²) in [6.45, 7) is 2.72. The molecule has 1 aromatic rings. The summed E-state index contributed by atoms with van der Waals surface area (Å²) in [6.07, 6.45) is 3.94. The minimum Gasteiger partial charge on any atom is -0.495 e. The van der Waals surface area contributed by atoms with Crippen LogP contribution in [0.15, 0.2) is 6.07 Å². The van der Waals surface area contributed by atoms with Gasteiger partial charge in [0.15, 0.2) is 0 Å². The van der Waals surface area contributed by atoms with E-state index in [-0.39, 0.29) is 0 Å². The molecule has 0 bridgehead atoms. The summed E-state index contributed by atoms with van der Waals surface area (Å²) in [7, 11) is 3.31. The molecule has 0 fully saturated rings. The minimum absolute atomic E-state index is 0.556. The Morgan fingerprint density at radius 2 is 2.00 bits per heavy atom. The molecule has 17 heavy (non-hydrogen) atoms. The quantitative estimate of drug-likeness (QED) is 0.788. The van der Waals surface area contributed by atoms with Crippen molar-refractivity contribution in [1.82, 2.24) is 4.98 Å². The zero-order chi connectivity index (χ0) is 12.7. The summed E-state index contributed by atoms with van der Waals surface area (Å²) in [4.78, 5) is 4.48. The molecule has 4 heteroatoms. The molecule has 2 N–H and O–H groups in total. The third-order valence-corrected chi connectivity index (χ3v) is 2.70. The topological polar surface area (TPSA) is 57.4 Å². The van der Waals surface area contributed by atoms with Crippen LogP contribution in [0.1, 0.15) is 31.0 Å². The number of aromatic nitrogens is 1. The van der Waals surface area contributed by atoms with Crippen LogP contribution >= 0.6 is 0 Å². The Labute approximate surface area is 103 Å². The molecule has 0 radical (unpaired) electrons. The maximum absolute atomic E-state index is 5.56. The fourth-order valence-electron chi connectivity index (χ4n) is 1.77. The molecule has 4 nitrogen and oxygen atoms in total. The van der Waals surface area contributed by atoms with Crippen molar-refractivity contribution in [2.45, 2.75) is 32.6 Å². The van der Waals surface area contributed by atoms with E-state index in [2.05, 4.69) is 11.9 Å². The first-order chi connectivity index (χ1) is 8.26. The van der Waals surface area contributed by atoms with Crippen molar-refractivity contribution in [2.75, 3.05) is 20.8 Å². The van der Waals surface area contributed by atoms with Gasteiger partial charge >= 0.3 is 0 Å². The molecule has 96 valence electrons. The molecular formula is C13H22N2O2. The van der Waals surface area contributed by atoms with Crippen LogP contribution in [0.5, 0.6) is 11.6 Å². The molecule has 0 atom stereocenters. The van der Waals surface area contributed by atoms with Gasteiger partial charge in [0.2, 0.25) is 5.88 Å². The van der Waals surface area contributed by atoms with Gasteiger partial charge in [-0.2, -0.15) is 0 Å². The van der Waals surface area contributed by atoms with Crippen LogP contribution in [0.4, 0.5) is 0 Å². The maximum atomic E-state index is 5.56. The van der Waals surface area contributed by atoms with Crippen molar-refractivity contribution in [1.29, 1.82) is 0 Å². The Hall–Kier alpha value is -1.29. The first-order valence-corrected chi connectivity index (χ1v) is 6.07. The van der Waals surface area contributed by atoms with Crippen molar-refractivity contribution in [3.05, 3.63) is 17.3 Å². The number of methoxy groups -OCH3 is 2. The number of pyridine rings is 1. The maximum Gasteiger partial charge on any atom is 0.216 e. The summed E-state index contributed by atoms with van der Waals surface area (Å²) in [5.41, 5.74) is 7.53. The van der Waals surface area contributed by atoms with E-state index in [1.54, 1.807) is 14.2 Å². The highest BCUT2D eigenvalue weighted by Crippen LogP contribution is 2.26. The second kappa shape index (κ2) is 7.12. The van der Waals surface area contributed by atoms with Crippen molar-refractivity contribution in [2.24, 2.45) is 5.73 Å². The average molecular weight is 238 g/mol. The molecule has 0 aliphatic rings. The highest BCUT2D eigenvalue weighted by atomic mass is 16.5. The number of ether oxygens (including phenoxy) is 2. The van der Waals surface area contributed by atoms with E-state index in [1.165, 1.54) is 0 Å². The second-order valence-electron chi connectivity index (χ2n) is 3.95. The predicted octanol–water partition coefficient (Wildman–Crippen LogP) is 1.94. The molecule has 1 heterocycles. The van der Waals surface area contributed by atoms with Gasteiger partial charge in [0.05, 0.1) is 19.9 Å². The molecule has 0 saturated carbocycles. The van der Waals surface area contributed by atoms with Gasteiger partial charge in [-0.25, -0.2) is 4.98 Å². The minimum atomic E-state index is 0.556. The Bertz CT molecular complexity index is 354. The van der Waals surface area contributed by atoms with E-state index in [1.807, 2.05) is 6.07 Å². The number of nitrogens with zero attached hydrogens (tertiary/aromatic N) is 1. The lowest BCUT2D eigenvalue weighted by Crippen LogP contribution is -2.08. The molecule has 0 unspecified atom stereocenters. The number of nitrogens with two attached hydrogens (primary N) is 1. The Kier molecular flexibility index (Phi) is 5.77. The largest absolute Gasteiger partial charge is 0.495 e. The number of hydrogen-bond donors (Lipinski definition) is 1. The average Bonchev–Trinajstić information content (AvgIpc) is 2.36. The summed E-state index contributed by atoms with van der Waals surface area (Å²) in [6, 6.07) is 2.02. The van der Waals surface area contributed by atoms with Crippen LogP contribution in [-0.4, -0.2) is 25.7 Å². The lowest BCUT2D eigenvalue weighted by molar-refractivity contribution is 0.377. The molecule has 0 aromatic carbocycles. The van der Waals surface area contributed by atoms with Gasteiger partial charge in [-0.05, 0) is 25.5 Å². The van der Waals surface area contributed by atoms with Crippen LogP contribution in [0.3, 0.4) is 0 Å². The summed E-state index contributed by atoms with van der Waals surface area (Å²) in [5.74, 6) is 1.50. The highest BCUT2D eigenvalue weighted by Gasteiger charge is 2.12. The summed E-state index contributed by atoms with van der Waals surface area (Å²) < 4.78 is 10.7. The van der Waals surface area contributed by atoms with Crippen molar-refractivity contribution >= 4 is 0 Å². The van der Waals surface area contributed by atoms with E-state index in [9.17, 15) is 0 Å². The number of aryl methyl sites for hydroxylation is 1. The zero-order valence-electron chi connectivity index (χ0n) is 11.0. The van der Waals surface area contributed by atoms with Crippen LogP contribution < -0.4 is 15.2 Å². The first kappa shape index (κ1) is 13.8. The van der Waals surface area contributed by atoms with Crippen molar-refractivity contribution < 1.29 is 9.47 Å². The van der Waals surface area contributed by atoms with Gasteiger partial charge in [-0.1, -0.05) is 13.3 Å². The van der Waals surface area contributed by atoms with Gasteiger partial charge in [0.1, 0.15) is 5.75 Å². The molecule has 0 amide bonds. The summed E-state index contributed by atoms with van der Waals surface area (Å²) in [5, 5.41) is 0. The van der Waals surface area contributed by atoms with Gasteiger partial charge in [-0.15, -0.1) is 0 Å². The summed E-state index contributed by atoms with van der Waals surface area (Å²) >= 11 is 0. The van der Waals surface area contributed by atoms with Crippen LogP contribution in [0.25, 0.3) is 0 Å². The third kappa shape index (κ3) is 3.60. The molecular weight excluding hydrogens is 216 g/mol. The van der Waals surface area contributed by atoms with E-state index in [0.717, 1.165) is 36.3 Å². The smallest absolute Gasteiger partial charge is 0.216 e. The molecule has 0 aliphatic heterocycles. The SMILES string of the molecule is CCCCc1cc(OC)c(CCN)nc1OC. The normalized spacial score (nSPS) is 10.4. The highest BCUT2D eigenvalue weighted by molar-refractivity contribution is 5.39. The Balaban J connectivity index is 3.04. The fourth-order valence-corrected chi connectivity index (χ4v) is 1.77. The molecule has 0 aliphatic carbocycles. The van der Waals surface area contributed by atoms with E-state index < -0.39 is 0 Å². The van der Waals surface area contributed by atoms with Crippen molar-refractivity contribution in [3.63, 3.8) is 0 Å². The lowest BCUT2D eigenvalue weighted by Gasteiger charge is -2.13. The number of hydrogen-bond acceptors (Lipinski definition) is 4. The standard InChI is InChI=1S/C13H22N2O2/c1-4-5-6-10-9-12(16-2)11(7-8-14)15-13(10)17-3/h9H,4-8,14H2,1-3H3. The number of unbranched alkanes of at least 4 members (excludes halogenated alkanes) is 1. The van der Waals surface area contributed by atoms with Gasteiger partial charge in [-0.3, -0.25) is 0 Å². The molecule has 1 rings (SSSR count). The van der Waals surface area contributed by atoms with Gasteiger partial charge in [0, 0.05) is 12.0 Å². The van der Waals surface area contributed by atoms with E-state index in [0.29, 0.717) is 18.8 Å². The van der Waals surface area contributed by atoms with E-state index >= 15 is 0 Å². The Morgan fingerprint density at radius 1 is 1.24 bits per heavy atom. The van der Waals surface area contributed by atoms with Crippen LogP contribution in [-0.2, 0) is 12.8 Å².